The predicted molar refractivity (Wildman–Crippen MR) is 94.9 cm³/mol. The fraction of sp³-hybridized carbons (Fsp3) is 0.200. The third kappa shape index (κ3) is 4.07. The third-order valence-electron chi connectivity index (χ3n) is 4.05. The van der Waals surface area contributed by atoms with Crippen LogP contribution in [0.25, 0.3) is 0 Å². The lowest BCUT2D eigenvalue weighted by molar-refractivity contribution is 0.0600. The van der Waals surface area contributed by atoms with Crippen molar-refractivity contribution in [2.75, 3.05) is 14.2 Å². The van der Waals surface area contributed by atoms with Crippen molar-refractivity contribution in [1.82, 2.24) is 9.55 Å². The normalized spacial score (nSPS) is 10.5. The molecule has 1 aromatic heterocycles. The van der Waals surface area contributed by atoms with Crippen molar-refractivity contribution in [2.24, 2.45) is 0 Å². The quantitative estimate of drug-likeness (QED) is 0.648. The molecule has 0 spiro atoms. The smallest absolute Gasteiger partial charge is 0.337 e. The van der Waals surface area contributed by atoms with Gasteiger partial charge in [0.05, 0.1) is 19.8 Å². The van der Waals surface area contributed by atoms with Gasteiger partial charge < -0.3 is 14.0 Å². The van der Waals surface area contributed by atoms with Crippen LogP contribution in [-0.2, 0) is 17.7 Å². The Morgan fingerprint density at radius 3 is 2.32 bits per heavy atom. The second-order valence-corrected chi connectivity index (χ2v) is 5.68. The van der Waals surface area contributed by atoms with Crippen molar-refractivity contribution in [1.29, 1.82) is 0 Å². The SMILES string of the molecule is COC(=O)c1ccc(Cn2ccnc2Cc2ccc(OC)cc2)cc1. The average Bonchev–Trinajstić information content (AvgIpc) is 3.09. The summed E-state index contributed by atoms with van der Waals surface area (Å²) in [5.41, 5.74) is 2.83. The van der Waals surface area contributed by atoms with Gasteiger partial charge in [-0.05, 0) is 35.4 Å². The van der Waals surface area contributed by atoms with Gasteiger partial charge in [-0.25, -0.2) is 9.78 Å². The molecule has 0 atom stereocenters. The standard InChI is InChI=1S/C20H20N2O3/c1-24-18-9-5-15(6-10-18)13-19-21-11-12-22(19)14-16-3-7-17(8-4-16)20(23)25-2/h3-12H,13-14H2,1-2H3. The first-order chi connectivity index (χ1) is 12.2. The summed E-state index contributed by atoms with van der Waals surface area (Å²) in [5, 5.41) is 0. The topological polar surface area (TPSA) is 53.4 Å². The van der Waals surface area contributed by atoms with E-state index in [0.29, 0.717) is 12.1 Å². The molecule has 0 aliphatic carbocycles. The Kier molecular flexibility index (Phi) is 5.14. The van der Waals surface area contributed by atoms with E-state index in [0.717, 1.165) is 23.6 Å². The number of imidazole rings is 1. The molecule has 0 N–H and O–H groups in total. The number of hydrogen-bond acceptors (Lipinski definition) is 4. The molecule has 0 saturated heterocycles. The Labute approximate surface area is 146 Å². The number of carbonyl (C=O) groups is 1. The molecule has 0 saturated carbocycles. The highest BCUT2D eigenvalue weighted by Gasteiger charge is 2.07. The molecule has 5 nitrogen and oxygen atoms in total. The highest BCUT2D eigenvalue weighted by molar-refractivity contribution is 5.89. The molecule has 128 valence electrons. The van der Waals surface area contributed by atoms with Crippen LogP contribution in [0.5, 0.6) is 5.75 Å². The van der Waals surface area contributed by atoms with E-state index in [2.05, 4.69) is 9.55 Å². The number of nitrogens with zero attached hydrogens (tertiary/aromatic N) is 2. The van der Waals surface area contributed by atoms with Crippen LogP contribution in [0.15, 0.2) is 60.9 Å². The lowest BCUT2D eigenvalue weighted by Crippen LogP contribution is -2.06. The van der Waals surface area contributed by atoms with E-state index in [4.69, 9.17) is 9.47 Å². The van der Waals surface area contributed by atoms with Crippen molar-refractivity contribution >= 4 is 5.97 Å². The monoisotopic (exact) mass is 336 g/mol. The predicted octanol–water partition coefficient (Wildman–Crippen LogP) is 3.32. The molecule has 0 radical (unpaired) electrons. The van der Waals surface area contributed by atoms with E-state index in [9.17, 15) is 4.79 Å². The second kappa shape index (κ2) is 7.66. The van der Waals surface area contributed by atoms with Gasteiger partial charge in [-0.2, -0.15) is 0 Å². The van der Waals surface area contributed by atoms with E-state index in [1.165, 1.54) is 12.7 Å². The molecule has 0 bridgehead atoms. The maximum absolute atomic E-state index is 11.5. The molecule has 3 rings (SSSR count). The van der Waals surface area contributed by atoms with Crippen LogP contribution in [0.1, 0.15) is 27.3 Å². The maximum Gasteiger partial charge on any atom is 0.337 e. The minimum absolute atomic E-state index is 0.325. The van der Waals surface area contributed by atoms with E-state index in [1.54, 1.807) is 19.2 Å². The van der Waals surface area contributed by atoms with Gasteiger partial charge in [-0.3, -0.25) is 0 Å². The number of benzene rings is 2. The summed E-state index contributed by atoms with van der Waals surface area (Å²) in [6.07, 6.45) is 4.52. The van der Waals surface area contributed by atoms with E-state index in [-0.39, 0.29) is 5.97 Å². The number of hydrogen-bond donors (Lipinski definition) is 0. The largest absolute Gasteiger partial charge is 0.497 e. The zero-order valence-electron chi connectivity index (χ0n) is 14.3. The fourth-order valence-corrected chi connectivity index (χ4v) is 2.64. The number of ether oxygens (including phenoxy) is 2. The van der Waals surface area contributed by atoms with Crippen LogP contribution in [0.3, 0.4) is 0 Å². The van der Waals surface area contributed by atoms with Crippen LogP contribution >= 0.6 is 0 Å². The Balaban J connectivity index is 1.71. The Morgan fingerprint density at radius 1 is 1.00 bits per heavy atom. The number of rotatable bonds is 6. The molecule has 25 heavy (non-hydrogen) atoms. The molecular formula is C20H20N2O3. The number of methoxy groups -OCH3 is 2. The first-order valence-corrected chi connectivity index (χ1v) is 8.00. The van der Waals surface area contributed by atoms with Crippen LogP contribution < -0.4 is 4.74 Å². The van der Waals surface area contributed by atoms with Crippen molar-refractivity contribution in [3.63, 3.8) is 0 Å². The molecule has 3 aromatic rings. The van der Waals surface area contributed by atoms with Crippen molar-refractivity contribution in [3.8, 4) is 5.75 Å². The lowest BCUT2D eigenvalue weighted by Gasteiger charge is -2.09. The Hall–Kier alpha value is -3.08. The molecule has 2 aromatic carbocycles. The average molecular weight is 336 g/mol. The Morgan fingerprint density at radius 2 is 1.68 bits per heavy atom. The molecule has 0 aliphatic heterocycles. The zero-order chi connectivity index (χ0) is 17.6. The van der Waals surface area contributed by atoms with Gasteiger partial charge in [0.15, 0.2) is 0 Å². The summed E-state index contributed by atoms with van der Waals surface area (Å²) in [6, 6.07) is 15.4. The number of aromatic nitrogens is 2. The Bertz CT molecular complexity index is 836. The summed E-state index contributed by atoms with van der Waals surface area (Å²) in [7, 11) is 3.04. The van der Waals surface area contributed by atoms with Crippen molar-refractivity contribution in [2.45, 2.75) is 13.0 Å². The van der Waals surface area contributed by atoms with E-state index >= 15 is 0 Å². The molecular weight excluding hydrogens is 316 g/mol. The van der Waals surface area contributed by atoms with Gasteiger partial charge in [0.2, 0.25) is 0 Å². The summed E-state index contributed by atoms with van der Waals surface area (Å²) in [6.45, 7) is 0.701. The molecule has 0 aliphatic rings. The van der Waals surface area contributed by atoms with E-state index < -0.39 is 0 Å². The highest BCUT2D eigenvalue weighted by Crippen LogP contribution is 2.15. The summed E-state index contributed by atoms with van der Waals surface area (Å²) >= 11 is 0. The van der Waals surface area contributed by atoms with Crippen LogP contribution in [-0.4, -0.2) is 29.7 Å². The van der Waals surface area contributed by atoms with Crippen molar-refractivity contribution in [3.05, 3.63) is 83.4 Å². The number of carbonyl (C=O) groups excluding carboxylic acids is 1. The van der Waals surface area contributed by atoms with Gasteiger partial charge in [0.25, 0.3) is 0 Å². The first kappa shape index (κ1) is 16.8. The third-order valence-corrected chi connectivity index (χ3v) is 4.05. The van der Waals surface area contributed by atoms with Gasteiger partial charge in [0, 0.05) is 25.4 Å². The van der Waals surface area contributed by atoms with E-state index in [1.807, 2.05) is 48.8 Å². The van der Waals surface area contributed by atoms with Crippen LogP contribution in [0.4, 0.5) is 0 Å². The first-order valence-electron chi connectivity index (χ1n) is 8.00. The van der Waals surface area contributed by atoms with Gasteiger partial charge in [-0.1, -0.05) is 24.3 Å². The van der Waals surface area contributed by atoms with Crippen LogP contribution in [0.2, 0.25) is 0 Å². The molecule has 0 unspecified atom stereocenters. The second-order valence-electron chi connectivity index (χ2n) is 5.68. The zero-order valence-corrected chi connectivity index (χ0v) is 14.3. The minimum atomic E-state index is -0.325. The molecule has 0 amide bonds. The summed E-state index contributed by atoms with van der Waals surface area (Å²) in [4.78, 5) is 16.0. The van der Waals surface area contributed by atoms with Crippen LogP contribution in [0, 0.1) is 0 Å². The molecule has 1 heterocycles. The summed E-state index contributed by atoms with van der Waals surface area (Å²) in [5.74, 6) is 1.51. The van der Waals surface area contributed by atoms with Crippen molar-refractivity contribution < 1.29 is 14.3 Å². The minimum Gasteiger partial charge on any atom is -0.497 e. The lowest BCUT2D eigenvalue weighted by atomic mass is 10.1. The van der Waals surface area contributed by atoms with Gasteiger partial charge >= 0.3 is 5.97 Å². The molecule has 0 fully saturated rings. The summed E-state index contributed by atoms with van der Waals surface area (Å²) < 4.78 is 12.0. The highest BCUT2D eigenvalue weighted by atomic mass is 16.5. The molecule has 5 heteroatoms. The fourth-order valence-electron chi connectivity index (χ4n) is 2.64. The maximum atomic E-state index is 11.5. The van der Waals surface area contributed by atoms with Gasteiger partial charge in [0.1, 0.15) is 11.6 Å². The van der Waals surface area contributed by atoms with Gasteiger partial charge in [-0.15, -0.1) is 0 Å². The number of esters is 1.